The first-order valence-electron chi connectivity index (χ1n) is 7.30. The van der Waals surface area contributed by atoms with E-state index >= 15 is 0 Å². The number of halogens is 2. The summed E-state index contributed by atoms with van der Waals surface area (Å²) in [6, 6.07) is 25.8. The highest BCUT2D eigenvalue weighted by molar-refractivity contribution is 6.42. The molecule has 0 saturated carbocycles. The maximum absolute atomic E-state index is 6.18. The summed E-state index contributed by atoms with van der Waals surface area (Å²) in [5.74, 6) is 6.56. The third-order valence-corrected chi connectivity index (χ3v) is 4.28. The van der Waals surface area contributed by atoms with E-state index in [2.05, 4.69) is 24.0 Å². The van der Waals surface area contributed by atoms with Gasteiger partial charge in [-0.2, -0.15) is 0 Å². The Hall–Kier alpha value is -2.20. The van der Waals surface area contributed by atoms with Gasteiger partial charge in [-0.3, -0.25) is 0 Å². The van der Waals surface area contributed by atoms with Gasteiger partial charge in [0, 0.05) is 5.56 Å². The molecule has 0 aliphatic carbocycles. The van der Waals surface area contributed by atoms with Crippen LogP contribution >= 0.6 is 23.2 Å². The van der Waals surface area contributed by atoms with Crippen LogP contribution in [-0.4, -0.2) is 0 Å². The molecular weight excluding hydrogens is 323 g/mol. The molecular formula is C21H14Cl2. The average Bonchev–Trinajstić information content (AvgIpc) is 2.60. The molecule has 0 aliphatic heterocycles. The summed E-state index contributed by atoms with van der Waals surface area (Å²) in [5.41, 5.74) is 3.16. The Morgan fingerprint density at radius 1 is 0.652 bits per heavy atom. The van der Waals surface area contributed by atoms with E-state index in [0.717, 1.165) is 16.7 Å². The Balaban J connectivity index is 2.04. The van der Waals surface area contributed by atoms with Crippen molar-refractivity contribution in [2.45, 2.75) is 5.92 Å². The monoisotopic (exact) mass is 336 g/mol. The highest BCUT2D eigenvalue weighted by atomic mass is 35.5. The van der Waals surface area contributed by atoms with Crippen LogP contribution in [0.4, 0.5) is 0 Å². The molecule has 0 saturated heterocycles. The van der Waals surface area contributed by atoms with Crippen molar-refractivity contribution in [3.63, 3.8) is 0 Å². The molecule has 0 amide bonds. The molecule has 23 heavy (non-hydrogen) atoms. The van der Waals surface area contributed by atoms with Gasteiger partial charge in [-0.1, -0.05) is 89.6 Å². The molecule has 0 radical (unpaired) electrons. The van der Waals surface area contributed by atoms with Crippen LogP contribution in [-0.2, 0) is 0 Å². The van der Waals surface area contributed by atoms with Crippen LogP contribution in [0.3, 0.4) is 0 Å². The van der Waals surface area contributed by atoms with E-state index < -0.39 is 0 Å². The zero-order valence-corrected chi connectivity index (χ0v) is 13.9. The molecule has 3 rings (SSSR count). The van der Waals surface area contributed by atoms with Gasteiger partial charge in [-0.25, -0.2) is 0 Å². The fourth-order valence-electron chi connectivity index (χ4n) is 2.37. The maximum atomic E-state index is 6.18. The molecule has 2 heteroatoms. The van der Waals surface area contributed by atoms with Gasteiger partial charge in [0.25, 0.3) is 0 Å². The Morgan fingerprint density at radius 3 is 1.96 bits per heavy atom. The lowest BCUT2D eigenvalue weighted by molar-refractivity contribution is 1.06. The SMILES string of the molecule is Clc1ccc(C(C#Cc2ccccc2)c2ccccc2)cc1Cl. The van der Waals surface area contributed by atoms with E-state index in [0.29, 0.717) is 10.0 Å². The normalized spacial score (nSPS) is 11.4. The Morgan fingerprint density at radius 2 is 1.30 bits per heavy atom. The van der Waals surface area contributed by atoms with E-state index in [-0.39, 0.29) is 5.92 Å². The van der Waals surface area contributed by atoms with Gasteiger partial charge in [0.15, 0.2) is 0 Å². The Bertz CT molecular complexity index is 843. The van der Waals surface area contributed by atoms with Crippen LogP contribution in [0, 0.1) is 11.8 Å². The Labute approximate surface area is 146 Å². The molecule has 0 aromatic heterocycles. The third-order valence-electron chi connectivity index (χ3n) is 3.54. The zero-order chi connectivity index (χ0) is 16.1. The molecule has 0 N–H and O–H groups in total. The van der Waals surface area contributed by atoms with Crippen LogP contribution in [0.25, 0.3) is 0 Å². The smallest absolute Gasteiger partial charge is 0.0706 e. The molecule has 1 unspecified atom stereocenters. The van der Waals surface area contributed by atoms with Crippen molar-refractivity contribution >= 4 is 23.2 Å². The molecule has 0 fully saturated rings. The van der Waals surface area contributed by atoms with Crippen molar-refractivity contribution in [2.75, 3.05) is 0 Å². The first kappa shape index (κ1) is 15.7. The topological polar surface area (TPSA) is 0 Å². The van der Waals surface area contributed by atoms with Crippen molar-refractivity contribution in [1.82, 2.24) is 0 Å². The number of hydrogen-bond acceptors (Lipinski definition) is 0. The largest absolute Gasteiger partial charge is 0.0848 e. The molecule has 3 aromatic carbocycles. The summed E-state index contributed by atoms with van der Waals surface area (Å²) in [6.45, 7) is 0. The highest BCUT2D eigenvalue weighted by Gasteiger charge is 2.12. The summed E-state index contributed by atoms with van der Waals surface area (Å²) in [4.78, 5) is 0. The number of hydrogen-bond donors (Lipinski definition) is 0. The maximum Gasteiger partial charge on any atom is 0.0706 e. The number of benzene rings is 3. The van der Waals surface area contributed by atoms with Crippen molar-refractivity contribution in [2.24, 2.45) is 0 Å². The first-order chi connectivity index (χ1) is 11.2. The van der Waals surface area contributed by atoms with Gasteiger partial charge in [0.2, 0.25) is 0 Å². The summed E-state index contributed by atoms with van der Waals surface area (Å²) in [6.07, 6.45) is 0. The predicted molar refractivity (Wildman–Crippen MR) is 98.1 cm³/mol. The standard InChI is InChI=1S/C21H14Cl2/c22-20-14-12-18(15-21(20)23)19(17-9-5-2-6-10-17)13-11-16-7-3-1-4-8-16/h1-10,12,14-15,19H. The lowest BCUT2D eigenvalue weighted by atomic mass is 9.91. The quantitative estimate of drug-likeness (QED) is 0.490. The van der Waals surface area contributed by atoms with Crippen LogP contribution < -0.4 is 0 Å². The molecule has 1 atom stereocenters. The second-order valence-electron chi connectivity index (χ2n) is 5.15. The minimum atomic E-state index is -0.0498. The molecule has 112 valence electrons. The van der Waals surface area contributed by atoms with E-state index in [9.17, 15) is 0 Å². The van der Waals surface area contributed by atoms with Crippen molar-refractivity contribution < 1.29 is 0 Å². The Kier molecular flexibility index (Phi) is 5.03. The van der Waals surface area contributed by atoms with Crippen LogP contribution in [0.1, 0.15) is 22.6 Å². The minimum absolute atomic E-state index is 0.0498. The van der Waals surface area contributed by atoms with E-state index in [1.54, 1.807) is 0 Å². The molecule has 0 heterocycles. The predicted octanol–water partition coefficient (Wildman–Crippen LogP) is 6.18. The zero-order valence-electron chi connectivity index (χ0n) is 12.3. The van der Waals surface area contributed by atoms with Gasteiger partial charge in [0.1, 0.15) is 0 Å². The van der Waals surface area contributed by atoms with Gasteiger partial charge in [-0.15, -0.1) is 0 Å². The highest BCUT2D eigenvalue weighted by Crippen LogP contribution is 2.30. The number of rotatable bonds is 2. The van der Waals surface area contributed by atoms with E-state index in [4.69, 9.17) is 23.2 Å². The lowest BCUT2D eigenvalue weighted by Gasteiger charge is -2.12. The molecule has 3 aromatic rings. The van der Waals surface area contributed by atoms with Gasteiger partial charge in [0.05, 0.1) is 16.0 Å². The molecule has 0 nitrogen and oxygen atoms in total. The van der Waals surface area contributed by atoms with Crippen LogP contribution in [0.15, 0.2) is 78.9 Å². The van der Waals surface area contributed by atoms with E-state index in [1.807, 2.05) is 66.7 Å². The van der Waals surface area contributed by atoms with Crippen LogP contribution in [0.2, 0.25) is 10.0 Å². The lowest BCUT2D eigenvalue weighted by Crippen LogP contribution is -1.98. The minimum Gasteiger partial charge on any atom is -0.0848 e. The van der Waals surface area contributed by atoms with Gasteiger partial charge in [-0.05, 0) is 35.4 Å². The van der Waals surface area contributed by atoms with Crippen molar-refractivity contribution in [3.8, 4) is 11.8 Å². The summed E-state index contributed by atoms with van der Waals surface area (Å²) >= 11 is 12.2. The van der Waals surface area contributed by atoms with E-state index in [1.165, 1.54) is 0 Å². The fraction of sp³-hybridized carbons (Fsp3) is 0.0476. The third kappa shape index (κ3) is 3.96. The summed E-state index contributed by atoms with van der Waals surface area (Å²) in [7, 11) is 0. The summed E-state index contributed by atoms with van der Waals surface area (Å²) < 4.78 is 0. The summed E-state index contributed by atoms with van der Waals surface area (Å²) in [5, 5.41) is 1.10. The van der Waals surface area contributed by atoms with Crippen LogP contribution in [0.5, 0.6) is 0 Å². The average molecular weight is 337 g/mol. The van der Waals surface area contributed by atoms with Crippen molar-refractivity contribution in [3.05, 3.63) is 106 Å². The molecule has 0 aliphatic rings. The fourth-order valence-corrected chi connectivity index (χ4v) is 2.68. The second-order valence-corrected chi connectivity index (χ2v) is 5.97. The van der Waals surface area contributed by atoms with Gasteiger partial charge < -0.3 is 0 Å². The molecule has 0 bridgehead atoms. The second kappa shape index (κ2) is 7.38. The van der Waals surface area contributed by atoms with Crippen molar-refractivity contribution in [1.29, 1.82) is 0 Å². The first-order valence-corrected chi connectivity index (χ1v) is 8.06. The molecule has 0 spiro atoms. The van der Waals surface area contributed by atoms with Gasteiger partial charge >= 0.3 is 0 Å².